The predicted octanol–water partition coefficient (Wildman–Crippen LogP) is 3.28. The summed E-state index contributed by atoms with van der Waals surface area (Å²) in [5, 5.41) is 2.96. The summed E-state index contributed by atoms with van der Waals surface area (Å²) in [6.45, 7) is 3.87. The third-order valence-corrected chi connectivity index (χ3v) is 5.55. The third-order valence-electron chi connectivity index (χ3n) is 3.79. The molecule has 0 aromatic heterocycles. The maximum Gasteiger partial charge on any atom is 0.258 e. The summed E-state index contributed by atoms with van der Waals surface area (Å²) in [5.74, 6) is -0.0580. The summed E-state index contributed by atoms with van der Waals surface area (Å²) in [7, 11) is -3.61. The van der Waals surface area contributed by atoms with Gasteiger partial charge in [-0.05, 0) is 37.1 Å². The highest BCUT2D eigenvalue weighted by Crippen LogP contribution is 2.27. The van der Waals surface area contributed by atoms with Crippen LogP contribution in [-0.2, 0) is 14.8 Å². The Kier molecular flexibility index (Phi) is 7.65. The van der Waals surface area contributed by atoms with E-state index in [0.29, 0.717) is 13.0 Å². The molecule has 27 heavy (non-hydrogen) atoms. The Hall–Kier alpha value is -2.09. The number of halogens is 1. The van der Waals surface area contributed by atoms with Gasteiger partial charge in [0.15, 0.2) is 6.61 Å². The summed E-state index contributed by atoms with van der Waals surface area (Å²) in [4.78, 5) is 12.1. The zero-order chi connectivity index (χ0) is 19.9. The molecule has 0 aliphatic rings. The van der Waals surface area contributed by atoms with E-state index in [0.717, 1.165) is 5.56 Å². The number of amides is 1. The van der Waals surface area contributed by atoms with Crippen LogP contribution in [-0.4, -0.2) is 27.5 Å². The van der Waals surface area contributed by atoms with Gasteiger partial charge in [0.2, 0.25) is 10.0 Å². The van der Waals surface area contributed by atoms with Crippen LogP contribution < -0.4 is 14.8 Å². The van der Waals surface area contributed by atoms with Crippen molar-refractivity contribution < 1.29 is 17.9 Å². The summed E-state index contributed by atoms with van der Waals surface area (Å²) in [6.07, 6.45) is 0.685. The van der Waals surface area contributed by atoms with Crippen molar-refractivity contribution in [2.45, 2.75) is 31.2 Å². The quantitative estimate of drug-likeness (QED) is 0.664. The molecule has 0 aliphatic heterocycles. The molecule has 0 saturated heterocycles. The van der Waals surface area contributed by atoms with Gasteiger partial charge in [-0.2, -0.15) is 0 Å². The number of hydrogen-bond acceptors (Lipinski definition) is 4. The van der Waals surface area contributed by atoms with E-state index in [2.05, 4.69) is 10.0 Å². The zero-order valence-corrected chi connectivity index (χ0v) is 16.8. The van der Waals surface area contributed by atoms with Crippen LogP contribution in [0.1, 0.15) is 31.9 Å². The molecule has 2 N–H and O–H groups in total. The topological polar surface area (TPSA) is 84.5 Å². The van der Waals surface area contributed by atoms with Crippen LogP contribution in [0.2, 0.25) is 5.02 Å². The molecular formula is C19H23ClN2O4S. The molecular weight excluding hydrogens is 388 g/mol. The van der Waals surface area contributed by atoms with Crippen LogP contribution in [0, 0.1) is 0 Å². The molecule has 0 bridgehead atoms. The number of sulfonamides is 1. The molecule has 0 fully saturated rings. The monoisotopic (exact) mass is 410 g/mol. The van der Waals surface area contributed by atoms with Crippen molar-refractivity contribution >= 4 is 27.5 Å². The van der Waals surface area contributed by atoms with Gasteiger partial charge in [-0.25, -0.2) is 13.1 Å². The lowest BCUT2D eigenvalue weighted by Crippen LogP contribution is -2.31. The first-order valence-corrected chi connectivity index (χ1v) is 10.5. The van der Waals surface area contributed by atoms with Gasteiger partial charge in [0.05, 0.1) is 16.0 Å². The number of ether oxygens (including phenoxy) is 1. The summed E-state index contributed by atoms with van der Waals surface area (Å²) < 4.78 is 32.1. The van der Waals surface area contributed by atoms with Crippen LogP contribution in [0.15, 0.2) is 53.4 Å². The SMILES string of the molecule is CCCNS(=O)(=O)c1ccc(OCC(=O)N[C@@H](C)c2ccccc2)c(Cl)c1. The Labute approximate surface area is 164 Å². The van der Waals surface area contributed by atoms with Crippen LogP contribution in [0.5, 0.6) is 5.75 Å². The van der Waals surface area contributed by atoms with E-state index in [1.165, 1.54) is 18.2 Å². The Morgan fingerprint density at radius 3 is 2.52 bits per heavy atom. The van der Waals surface area contributed by atoms with Crippen LogP contribution in [0.4, 0.5) is 0 Å². The molecule has 0 heterocycles. The molecule has 8 heteroatoms. The van der Waals surface area contributed by atoms with Gasteiger partial charge >= 0.3 is 0 Å². The predicted molar refractivity (Wildman–Crippen MR) is 105 cm³/mol. The fraction of sp³-hybridized carbons (Fsp3) is 0.316. The molecule has 146 valence electrons. The largest absolute Gasteiger partial charge is 0.482 e. The highest BCUT2D eigenvalue weighted by atomic mass is 35.5. The van der Waals surface area contributed by atoms with Gasteiger partial charge in [-0.15, -0.1) is 0 Å². The molecule has 0 radical (unpaired) electrons. The van der Waals surface area contributed by atoms with E-state index in [4.69, 9.17) is 16.3 Å². The molecule has 2 aromatic rings. The first kappa shape index (κ1) is 21.2. The fourth-order valence-corrected chi connectivity index (χ4v) is 3.80. The van der Waals surface area contributed by atoms with Crippen molar-refractivity contribution in [1.29, 1.82) is 0 Å². The molecule has 0 aliphatic carbocycles. The van der Waals surface area contributed by atoms with Gasteiger partial charge in [0, 0.05) is 6.54 Å². The first-order chi connectivity index (χ1) is 12.8. The van der Waals surface area contributed by atoms with Crippen molar-refractivity contribution in [3.8, 4) is 5.75 Å². The highest BCUT2D eigenvalue weighted by molar-refractivity contribution is 7.89. The Morgan fingerprint density at radius 2 is 1.89 bits per heavy atom. The number of benzene rings is 2. The Bertz CT molecular complexity index is 873. The maximum absolute atomic E-state index is 12.1. The van der Waals surface area contributed by atoms with Crippen molar-refractivity contribution in [1.82, 2.24) is 10.0 Å². The van der Waals surface area contributed by atoms with E-state index in [9.17, 15) is 13.2 Å². The molecule has 2 aromatic carbocycles. The summed E-state index contributed by atoms with van der Waals surface area (Å²) in [5.41, 5.74) is 0.984. The lowest BCUT2D eigenvalue weighted by atomic mass is 10.1. The molecule has 0 unspecified atom stereocenters. The van der Waals surface area contributed by atoms with E-state index >= 15 is 0 Å². The van der Waals surface area contributed by atoms with Crippen LogP contribution in [0.25, 0.3) is 0 Å². The van der Waals surface area contributed by atoms with E-state index in [1.54, 1.807) is 0 Å². The van der Waals surface area contributed by atoms with Crippen molar-refractivity contribution in [3.05, 3.63) is 59.1 Å². The minimum Gasteiger partial charge on any atom is -0.482 e. The van der Waals surface area contributed by atoms with Gasteiger partial charge in [0.1, 0.15) is 5.75 Å². The standard InChI is InChI=1S/C19H23ClN2O4S/c1-3-11-21-27(24,25)16-9-10-18(17(20)12-16)26-13-19(23)22-14(2)15-7-5-4-6-8-15/h4-10,12,14,21H,3,11,13H2,1-2H3,(H,22,23)/t14-/m0/s1. The molecule has 2 rings (SSSR count). The lowest BCUT2D eigenvalue weighted by Gasteiger charge is -2.15. The zero-order valence-electron chi connectivity index (χ0n) is 15.2. The van der Waals surface area contributed by atoms with Crippen molar-refractivity contribution in [2.75, 3.05) is 13.2 Å². The van der Waals surface area contributed by atoms with Crippen LogP contribution in [0.3, 0.4) is 0 Å². The second kappa shape index (κ2) is 9.73. The lowest BCUT2D eigenvalue weighted by molar-refractivity contribution is -0.123. The average molecular weight is 411 g/mol. The van der Waals surface area contributed by atoms with Gasteiger partial charge < -0.3 is 10.1 Å². The van der Waals surface area contributed by atoms with E-state index in [-0.39, 0.29) is 34.2 Å². The maximum atomic E-state index is 12.1. The second-order valence-electron chi connectivity index (χ2n) is 5.98. The molecule has 6 nitrogen and oxygen atoms in total. The van der Waals surface area contributed by atoms with Crippen LogP contribution >= 0.6 is 11.6 Å². The Balaban J connectivity index is 1.95. The normalized spacial score (nSPS) is 12.4. The smallest absolute Gasteiger partial charge is 0.258 e. The van der Waals surface area contributed by atoms with Crippen molar-refractivity contribution in [2.24, 2.45) is 0 Å². The Morgan fingerprint density at radius 1 is 1.19 bits per heavy atom. The number of nitrogens with one attached hydrogen (secondary N) is 2. The first-order valence-electron chi connectivity index (χ1n) is 8.60. The number of hydrogen-bond donors (Lipinski definition) is 2. The van der Waals surface area contributed by atoms with E-state index < -0.39 is 10.0 Å². The van der Waals surface area contributed by atoms with Gasteiger partial charge in [-0.1, -0.05) is 48.9 Å². The number of carbonyl (C=O) groups is 1. The van der Waals surface area contributed by atoms with E-state index in [1.807, 2.05) is 44.2 Å². The van der Waals surface area contributed by atoms with Gasteiger partial charge in [-0.3, -0.25) is 4.79 Å². The average Bonchev–Trinajstić information content (AvgIpc) is 2.66. The van der Waals surface area contributed by atoms with Crippen molar-refractivity contribution in [3.63, 3.8) is 0 Å². The third kappa shape index (κ3) is 6.23. The molecule has 1 amide bonds. The number of rotatable bonds is 9. The summed E-state index contributed by atoms with van der Waals surface area (Å²) >= 11 is 6.11. The molecule has 1 atom stereocenters. The minimum atomic E-state index is -3.61. The molecule has 0 saturated carbocycles. The highest BCUT2D eigenvalue weighted by Gasteiger charge is 2.16. The molecule has 0 spiro atoms. The number of carbonyl (C=O) groups excluding carboxylic acids is 1. The summed E-state index contributed by atoms with van der Waals surface area (Å²) in [6, 6.07) is 13.5. The second-order valence-corrected chi connectivity index (χ2v) is 8.15. The minimum absolute atomic E-state index is 0.0513. The van der Waals surface area contributed by atoms with Gasteiger partial charge in [0.25, 0.3) is 5.91 Å². The fourth-order valence-electron chi connectivity index (χ4n) is 2.34.